The van der Waals surface area contributed by atoms with E-state index >= 15 is 0 Å². The molecule has 6 rings (SSSR count). The molecule has 0 bridgehead atoms. The molecule has 0 radical (unpaired) electrons. The van der Waals surface area contributed by atoms with Crippen LogP contribution in [0.25, 0.3) is 6.08 Å². The normalized spacial score (nSPS) is 18.6. The number of rotatable bonds is 4. The monoisotopic (exact) mass is 472 g/mol. The van der Waals surface area contributed by atoms with Crippen LogP contribution >= 0.6 is 0 Å². The zero-order chi connectivity index (χ0) is 24.1. The van der Waals surface area contributed by atoms with E-state index in [9.17, 15) is 9.59 Å². The summed E-state index contributed by atoms with van der Waals surface area (Å²) in [6.45, 7) is 0.150. The lowest BCUT2D eigenvalue weighted by atomic mass is 9.84. The van der Waals surface area contributed by atoms with Gasteiger partial charge in [-0.05, 0) is 42.0 Å². The highest BCUT2D eigenvalue weighted by atomic mass is 16.7. The molecule has 0 fully saturated rings. The minimum absolute atomic E-state index is 0.101. The van der Waals surface area contributed by atoms with Crippen molar-refractivity contribution < 1.29 is 38.0 Å². The highest BCUT2D eigenvalue weighted by Crippen LogP contribution is 2.50. The smallest absolute Gasteiger partial charge is 0.312 e. The molecule has 3 aromatic rings. The van der Waals surface area contributed by atoms with Crippen molar-refractivity contribution in [2.75, 3.05) is 21.0 Å². The van der Waals surface area contributed by atoms with Crippen LogP contribution in [-0.2, 0) is 4.79 Å². The molecule has 3 aliphatic heterocycles. The fourth-order valence-electron chi connectivity index (χ4n) is 4.69. The molecule has 0 N–H and O–H groups in total. The Morgan fingerprint density at radius 1 is 0.914 bits per heavy atom. The van der Waals surface area contributed by atoms with E-state index in [-0.39, 0.29) is 36.6 Å². The first-order chi connectivity index (χ1) is 17.1. The van der Waals surface area contributed by atoms with E-state index in [1.165, 1.54) is 7.11 Å². The first-order valence-electron chi connectivity index (χ1n) is 11.0. The van der Waals surface area contributed by atoms with Gasteiger partial charge < -0.3 is 28.4 Å². The minimum atomic E-state index is -0.380. The molecule has 3 aromatic carbocycles. The summed E-state index contributed by atoms with van der Waals surface area (Å²) in [4.78, 5) is 25.7. The van der Waals surface area contributed by atoms with Crippen LogP contribution in [-0.4, -0.2) is 32.8 Å². The average molecular weight is 472 g/mol. The molecule has 8 heteroatoms. The molecule has 0 aromatic heterocycles. The number of benzene rings is 3. The van der Waals surface area contributed by atoms with Crippen LogP contribution in [0.2, 0.25) is 0 Å². The van der Waals surface area contributed by atoms with Crippen LogP contribution in [0.5, 0.6) is 34.5 Å². The van der Waals surface area contributed by atoms with Crippen LogP contribution in [0, 0.1) is 0 Å². The van der Waals surface area contributed by atoms with E-state index < -0.39 is 0 Å². The summed E-state index contributed by atoms with van der Waals surface area (Å²) >= 11 is 0. The molecule has 8 nitrogen and oxygen atoms in total. The van der Waals surface area contributed by atoms with Crippen molar-refractivity contribution in [1.82, 2.24) is 0 Å². The van der Waals surface area contributed by atoms with Gasteiger partial charge in [0.1, 0.15) is 11.5 Å². The Morgan fingerprint density at radius 3 is 2.57 bits per heavy atom. The molecule has 3 heterocycles. The van der Waals surface area contributed by atoms with Gasteiger partial charge in [0.2, 0.25) is 12.6 Å². The molecular weight excluding hydrogens is 452 g/mol. The minimum Gasteiger partial charge on any atom is -0.493 e. The first-order valence-corrected chi connectivity index (χ1v) is 11.0. The zero-order valence-electron chi connectivity index (χ0n) is 19.0. The van der Waals surface area contributed by atoms with Gasteiger partial charge in [-0.15, -0.1) is 0 Å². The number of hydrogen-bond acceptors (Lipinski definition) is 8. The third kappa shape index (κ3) is 3.37. The average Bonchev–Trinajstić information content (AvgIpc) is 3.47. The lowest BCUT2D eigenvalue weighted by molar-refractivity contribution is -0.135. The number of carbonyl (C=O) groups excluding carboxylic acids is 2. The molecule has 1 unspecified atom stereocenters. The number of methoxy groups -OCH3 is 2. The molecule has 0 saturated heterocycles. The van der Waals surface area contributed by atoms with E-state index in [0.717, 1.165) is 5.56 Å². The van der Waals surface area contributed by atoms with E-state index in [2.05, 4.69) is 0 Å². The maximum absolute atomic E-state index is 13.3. The molecule has 1 atom stereocenters. The number of hydrogen-bond donors (Lipinski definition) is 0. The van der Waals surface area contributed by atoms with Gasteiger partial charge in [-0.25, -0.2) is 0 Å². The largest absolute Gasteiger partial charge is 0.493 e. The van der Waals surface area contributed by atoms with E-state index in [4.69, 9.17) is 28.4 Å². The molecular formula is C27H20O8. The van der Waals surface area contributed by atoms with Gasteiger partial charge in [-0.1, -0.05) is 18.2 Å². The summed E-state index contributed by atoms with van der Waals surface area (Å²) in [6.07, 6.45) is 1.73. The number of carbonyl (C=O) groups is 2. The van der Waals surface area contributed by atoms with E-state index in [0.29, 0.717) is 51.2 Å². The Morgan fingerprint density at radius 2 is 1.74 bits per heavy atom. The zero-order valence-corrected chi connectivity index (χ0v) is 19.0. The number of esters is 1. The number of fused-ring (bicyclic) bond motifs is 4. The Balaban J connectivity index is 1.45. The second-order valence-corrected chi connectivity index (χ2v) is 8.22. The highest BCUT2D eigenvalue weighted by molar-refractivity contribution is 6.15. The molecule has 176 valence electrons. The SMILES string of the molecule is COc1cccc(/C=C2\Oc3c(ccc4c3C(c3ccc5c(c3)OCO5)CC(=O)O4)C2=O)c1OC. The van der Waals surface area contributed by atoms with Crippen LogP contribution < -0.4 is 28.4 Å². The van der Waals surface area contributed by atoms with Crippen LogP contribution in [0.15, 0.2) is 54.3 Å². The summed E-state index contributed by atoms with van der Waals surface area (Å²) in [7, 11) is 3.08. The van der Waals surface area contributed by atoms with Crippen LogP contribution in [0.4, 0.5) is 0 Å². The summed E-state index contributed by atoms with van der Waals surface area (Å²) < 4.78 is 33.4. The van der Waals surface area contributed by atoms with Gasteiger partial charge in [-0.2, -0.15) is 0 Å². The van der Waals surface area contributed by atoms with Crippen molar-refractivity contribution in [2.24, 2.45) is 0 Å². The summed E-state index contributed by atoms with van der Waals surface area (Å²) in [5.74, 6) is 2.17. The predicted molar refractivity (Wildman–Crippen MR) is 124 cm³/mol. The summed E-state index contributed by atoms with van der Waals surface area (Å²) in [5, 5.41) is 0. The van der Waals surface area contributed by atoms with E-state index in [1.807, 2.05) is 18.2 Å². The summed E-state index contributed by atoms with van der Waals surface area (Å²) in [6, 6.07) is 14.2. The van der Waals surface area contributed by atoms with Crippen molar-refractivity contribution in [3.63, 3.8) is 0 Å². The second kappa shape index (κ2) is 8.09. The highest BCUT2D eigenvalue weighted by Gasteiger charge is 2.39. The Kier molecular flexibility index (Phi) is 4.88. The third-order valence-electron chi connectivity index (χ3n) is 6.30. The van der Waals surface area contributed by atoms with Gasteiger partial charge in [0.25, 0.3) is 0 Å². The molecule has 35 heavy (non-hydrogen) atoms. The first kappa shape index (κ1) is 21.1. The number of para-hydroxylation sites is 1. The Labute approximate surface area is 200 Å². The maximum atomic E-state index is 13.3. The van der Waals surface area contributed by atoms with Crippen molar-refractivity contribution >= 4 is 17.8 Å². The number of Topliss-reactive ketones (excluding diaryl/α,β-unsaturated/α-hetero) is 1. The van der Waals surface area contributed by atoms with Crippen LogP contribution in [0.1, 0.15) is 39.4 Å². The molecule has 0 saturated carbocycles. The standard InChI is InChI=1S/C27H20O8/c1-30-20-5-3-4-15(26(20)31-2)11-22-25(29)16-7-9-19-24(27(16)35-22)17(12-23(28)34-19)14-6-8-18-21(10-14)33-13-32-18/h3-11,17H,12-13H2,1-2H3/b22-11-. The van der Waals surface area contributed by atoms with Gasteiger partial charge in [-0.3, -0.25) is 9.59 Å². The predicted octanol–water partition coefficient (Wildman–Crippen LogP) is 4.49. The number of ether oxygens (including phenoxy) is 6. The molecule has 0 amide bonds. The van der Waals surface area contributed by atoms with Crippen molar-refractivity contribution in [3.8, 4) is 34.5 Å². The van der Waals surface area contributed by atoms with Crippen LogP contribution in [0.3, 0.4) is 0 Å². The maximum Gasteiger partial charge on any atom is 0.312 e. The Hall–Kier alpha value is -4.46. The van der Waals surface area contributed by atoms with Crippen molar-refractivity contribution in [2.45, 2.75) is 12.3 Å². The van der Waals surface area contributed by atoms with Gasteiger partial charge in [0.05, 0.1) is 26.2 Å². The quantitative estimate of drug-likeness (QED) is 0.312. The third-order valence-corrected chi connectivity index (χ3v) is 6.30. The molecule has 0 aliphatic carbocycles. The van der Waals surface area contributed by atoms with Crippen molar-refractivity contribution in [1.29, 1.82) is 0 Å². The lowest BCUT2D eigenvalue weighted by Gasteiger charge is -2.26. The van der Waals surface area contributed by atoms with Gasteiger partial charge >= 0.3 is 5.97 Å². The topological polar surface area (TPSA) is 89.5 Å². The molecule has 3 aliphatic rings. The van der Waals surface area contributed by atoms with E-state index in [1.54, 1.807) is 43.5 Å². The van der Waals surface area contributed by atoms with Gasteiger partial charge in [0.15, 0.2) is 28.8 Å². The Bertz CT molecular complexity index is 1420. The number of ketones is 1. The fourth-order valence-corrected chi connectivity index (χ4v) is 4.69. The summed E-state index contributed by atoms with van der Waals surface area (Å²) in [5.41, 5.74) is 2.52. The lowest BCUT2D eigenvalue weighted by Crippen LogP contribution is -2.21. The van der Waals surface area contributed by atoms with Gasteiger partial charge in [0, 0.05) is 17.0 Å². The molecule has 0 spiro atoms. The number of allylic oxidation sites excluding steroid dienone is 1. The fraction of sp³-hybridized carbons (Fsp3) is 0.185. The second-order valence-electron chi connectivity index (χ2n) is 8.22. The van der Waals surface area contributed by atoms with Crippen molar-refractivity contribution in [3.05, 3.63) is 76.5 Å².